The number of hydrogen-bond donors (Lipinski definition) is 2. The van der Waals surface area contributed by atoms with Gasteiger partial charge in [0.1, 0.15) is 6.04 Å². The first-order chi connectivity index (χ1) is 7.84. The maximum atomic E-state index is 11.6. The third-order valence-corrected chi connectivity index (χ3v) is 3.62. The number of nitrogens with zero attached hydrogens (tertiary/aromatic N) is 1. The molecule has 1 atom stereocenters. The van der Waals surface area contributed by atoms with E-state index in [9.17, 15) is 13.2 Å². The molecule has 0 saturated heterocycles. The van der Waals surface area contributed by atoms with Crippen molar-refractivity contribution in [3.63, 3.8) is 0 Å². The zero-order valence-corrected chi connectivity index (χ0v) is 10.3. The van der Waals surface area contributed by atoms with Crippen molar-refractivity contribution < 1.29 is 18.3 Å². The molecular formula is C10H14N2O4S. The Morgan fingerprint density at radius 1 is 1.29 bits per heavy atom. The molecule has 2 N–H and O–H groups in total. The molecule has 1 unspecified atom stereocenters. The van der Waals surface area contributed by atoms with Crippen LogP contribution in [0.15, 0.2) is 30.3 Å². The first-order valence-corrected chi connectivity index (χ1v) is 6.26. The third kappa shape index (κ3) is 3.52. The zero-order chi connectivity index (χ0) is 13.1. The van der Waals surface area contributed by atoms with E-state index in [2.05, 4.69) is 4.72 Å². The van der Waals surface area contributed by atoms with Crippen LogP contribution in [0, 0.1) is 0 Å². The van der Waals surface area contributed by atoms with Crippen LogP contribution in [0.5, 0.6) is 0 Å². The Labute approximate surface area is 100 Å². The Kier molecular flexibility index (Phi) is 4.22. The van der Waals surface area contributed by atoms with Crippen molar-refractivity contribution >= 4 is 16.2 Å². The first kappa shape index (κ1) is 13.6. The van der Waals surface area contributed by atoms with Crippen molar-refractivity contribution in [2.75, 3.05) is 14.1 Å². The van der Waals surface area contributed by atoms with Crippen LogP contribution in [0.1, 0.15) is 11.6 Å². The number of carboxylic acid groups (broad SMARTS) is 1. The van der Waals surface area contributed by atoms with Crippen LogP contribution in [0.3, 0.4) is 0 Å². The number of hydrogen-bond acceptors (Lipinski definition) is 3. The molecule has 0 bridgehead atoms. The highest BCUT2D eigenvalue weighted by molar-refractivity contribution is 7.87. The number of nitrogens with one attached hydrogen (secondary N) is 1. The van der Waals surface area contributed by atoms with Crippen LogP contribution < -0.4 is 4.72 Å². The number of carboxylic acids is 1. The average molecular weight is 258 g/mol. The lowest BCUT2D eigenvalue weighted by Crippen LogP contribution is -2.40. The van der Waals surface area contributed by atoms with Crippen LogP contribution in [0.2, 0.25) is 0 Å². The van der Waals surface area contributed by atoms with Crippen LogP contribution in [0.4, 0.5) is 0 Å². The summed E-state index contributed by atoms with van der Waals surface area (Å²) in [5.41, 5.74) is 0.380. The fraction of sp³-hybridized carbons (Fsp3) is 0.300. The molecule has 6 nitrogen and oxygen atoms in total. The minimum Gasteiger partial charge on any atom is -0.480 e. The average Bonchev–Trinajstić information content (AvgIpc) is 2.26. The standard InChI is InChI=1S/C10H14N2O4S/c1-12(2)17(15,16)11-9(10(13)14)8-6-4-3-5-7-8/h3-7,9,11H,1-2H3,(H,13,14). The van der Waals surface area contributed by atoms with Crippen molar-refractivity contribution in [2.45, 2.75) is 6.04 Å². The lowest BCUT2D eigenvalue weighted by atomic mass is 10.1. The molecule has 0 saturated carbocycles. The van der Waals surface area contributed by atoms with Gasteiger partial charge in [0.25, 0.3) is 10.2 Å². The normalized spacial score (nSPS) is 13.6. The maximum Gasteiger partial charge on any atom is 0.326 e. The summed E-state index contributed by atoms with van der Waals surface area (Å²) in [6.45, 7) is 0. The van der Waals surface area contributed by atoms with Gasteiger partial charge in [0, 0.05) is 14.1 Å². The molecule has 0 aliphatic carbocycles. The van der Waals surface area contributed by atoms with Crippen molar-refractivity contribution in [1.82, 2.24) is 9.03 Å². The quantitative estimate of drug-likeness (QED) is 0.790. The van der Waals surface area contributed by atoms with E-state index in [1.54, 1.807) is 30.3 Å². The van der Waals surface area contributed by atoms with Crippen LogP contribution >= 0.6 is 0 Å². The van der Waals surface area contributed by atoms with Gasteiger partial charge in [-0.25, -0.2) is 0 Å². The largest absolute Gasteiger partial charge is 0.480 e. The van der Waals surface area contributed by atoms with Crippen molar-refractivity contribution in [3.8, 4) is 0 Å². The predicted molar refractivity (Wildman–Crippen MR) is 62.6 cm³/mol. The lowest BCUT2D eigenvalue weighted by molar-refractivity contribution is -0.139. The molecule has 0 aliphatic heterocycles. The summed E-state index contributed by atoms with van der Waals surface area (Å²) in [6, 6.07) is 6.84. The SMILES string of the molecule is CN(C)S(=O)(=O)NC(C(=O)O)c1ccccc1. The van der Waals surface area contributed by atoms with Crippen molar-refractivity contribution in [1.29, 1.82) is 0 Å². The lowest BCUT2D eigenvalue weighted by Gasteiger charge is -2.18. The molecule has 1 aromatic rings. The highest BCUT2D eigenvalue weighted by atomic mass is 32.2. The van der Waals surface area contributed by atoms with Gasteiger partial charge in [0.15, 0.2) is 0 Å². The van der Waals surface area contributed by atoms with Gasteiger partial charge in [-0.15, -0.1) is 0 Å². The Balaban J connectivity index is 3.02. The van der Waals surface area contributed by atoms with Crippen molar-refractivity contribution in [3.05, 3.63) is 35.9 Å². The summed E-state index contributed by atoms with van der Waals surface area (Å²) in [5.74, 6) is -1.25. The predicted octanol–water partition coefficient (Wildman–Crippen LogP) is 0.208. The van der Waals surface area contributed by atoms with Gasteiger partial charge < -0.3 is 5.11 Å². The summed E-state index contributed by atoms with van der Waals surface area (Å²) >= 11 is 0. The second-order valence-corrected chi connectivity index (χ2v) is 5.50. The highest BCUT2D eigenvalue weighted by Gasteiger charge is 2.26. The van der Waals surface area contributed by atoms with E-state index in [0.29, 0.717) is 5.56 Å². The molecule has 0 aromatic heterocycles. The number of carbonyl (C=O) groups is 1. The zero-order valence-electron chi connectivity index (χ0n) is 9.49. The van der Waals surface area contributed by atoms with Crippen LogP contribution in [-0.2, 0) is 15.0 Å². The molecule has 1 rings (SSSR count). The molecule has 0 spiro atoms. The molecule has 0 fully saturated rings. The Morgan fingerprint density at radius 3 is 2.24 bits per heavy atom. The number of rotatable bonds is 5. The fourth-order valence-electron chi connectivity index (χ4n) is 1.16. The van der Waals surface area contributed by atoms with Gasteiger partial charge in [0.05, 0.1) is 0 Å². The van der Waals surface area contributed by atoms with Crippen molar-refractivity contribution in [2.24, 2.45) is 0 Å². The van der Waals surface area contributed by atoms with Gasteiger partial charge in [-0.2, -0.15) is 17.4 Å². The van der Waals surface area contributed by atoms with E-state index in [1.807, 2.05) is 0 Å². The smallest absolute Gasteiger partial charge is 0.326 e. The molecule has 7 heteroatoms. The molecule has 17 heavy (non-hydrogen) atoms. The number of benzene rings is 1. The molecule has 0 radical (unpaired) electrons. The van der Waals surface area contributed by atoms with Gasteiger partial charge >= 0.3 is 5.97 Å². The number of aliphatic carboxylic acids is 1. The Morgan fingerprint density at radius 2 is 1.82 bits per heavy atom. The molecule has 94 valence electrons. The molecular weight excluding hydrogens is 244 g/mol. The maximum absolute atomic E-state index is 11.6. The van der Waals surface area contributed by atoms with E-state index in [1.165, 1.54) is 14.1 Å². The van der Waals surface area contributed by atoms with E-state index >= 15 is 0 Å². The fourth-order valence-corrected chi connectivity index (χ4v) is 1.91. The highest BCUT2D eigenvalue weighted by Crippen LogP contribution is 2.14. The second-order valence-electron chi connectivity index (χ2n) is 3.59. The summed E-state index contributed by atoms with van der Waals surface area (Å²) in [5, 5.41) is 9.03. The van der Waals surface area contributed by atoms with E-state index < -0.39 is 22.2 Å². The van der Waals surface area contributed by atoms with Crippen LogP contribution in [-0.4, -0.2) is 37.9 Å². The van der Waals surface area contributed by atoms with Crippen LogP contribution in [0.25, 0.3) is 0 Å². The summed E-state index contributed by atoms with van der Waals surface area (Å²) in [7, 11) is -1.14. The molecule has 1 aromatic carbocycles. The van der Waals surface area contributed by atoms with E-state index in [-0.39, 0.29) is 0 Å². The van der Waals surface area contributed by atoms with Gasteiger partial charge in [-0.1, -0.05) is 30.3 Å². The minimum atomic E-state index is -3.79. The second kappa shape index (κ2) is 5.26. The third-order valence-electron chi connectivity index (χ3n) is 2.13. The van der Waals surface area contributed by atoms with Gasteiger partial charge in [-0.05, 0) is 5.56 Å². The Hall–Kier alpha value is -1.44. The summed E-state index contributed by atoms with van der Waals surface area (Å²) in [6.07, 6.45) is 0. The minimum absolute atomic E-state index is 0.380. The summed E-state index contributed by atoms with van der Waals surface area (Å²) in [4.78, 5) is 11.1. The molecule has 0 aliphatic rings. The topological polar surface area (TPSA) is 86.7 Å². The molecule has 0 heterocycles. The Bertz CT molecular complexity index is 484. The van der Waals surface area contributed by atoms with E-state index in [4.69, 9.17) is 5.11 Å². The first-order valence-electron chi connectivity index (χ1n) is 4.82. The monoisotopic (exact) mass is 258 g/mol. The van der Waals surface area contributed by atoms with Gasteiger partial charge in [-0.3, -0.25) is 4.79 Å². The summed E-state index contributed by atoms with van der Waals surface area (Å²) < 4.78 is 26.2. The van der Waals surface area contributed by atoms with Gasteiger partial charge in [0.2, 0.25) is 0 Å². The van der Waals surface area contributed by atoms with E-state index in [0.717, 1.165) is 4.31 Å². The molecule has 0 amide bonds.